The molecule has 58 heavy (non-hydrogen) atoms. The standard InChI is InChI=1S/C21H27N2.C18H33P.C4H6O2.C2H2F2.CF2.2ClH.Ru/c1-14-9-16(3)20(17(4)10-14)22-7-8-23(13-22)21-18(5)11-15(2)12-19(21)6;1-4-10-16(11-5-1)19(17-12-6-2-7-13-17)18-14-8-3-9-15-18;1-3-6-4(2)5;1-2(3)4;2-1-3;;;/h9-13H,7-8H2,1-6H3;16-18H,1-15H2;3H,1H2,2H3;1H2;;2*1H;/q-1;;;;;;;+2/p-1. The Hall–Kier alpha value is -1.79. The maximum absolute atomic E-state index is 10.9. The van der Waals surface area contributed by atoms with Crippen LogP contribution in [0.1, 0.15) is 137 Å². The van der Waals surface area contributed by atoms with Crippen molar-refractivity contribution in [3.05, 3.63) is 89.8 Å². The molecule has 4 nitrogen and oxygen atoms in total. The Balaban J connectivity index is 0.000000295. The van der Waals surface area contributed by atoms with Crippen molar-refractivity contribution in [1.82, 2.24) is 0 Å². The third kappa shape index (κ3) is 18.9. The van der Waals surface area contributed by atoms with E-state index >= 15 is 0 Å². The first kappa shape index (κ1) is 52.4. The number of rotatable bonds is 6. The van der Waals surface area contributed by atoms with E-state index in [1.165, 1.54) is 68.7 Å². The molecule has 0 bridgehead atoms. The van der Waals surface area contributed by atoms with E-state index < -0.39 is 24.2 Å². The second-order valence-corrected chi connectivity index (χ2v) is 25.0. The first-order chi connectivity index (χ1) is 27.5. The number of benzene rings is 2. The summed E-state index contributed by atoms with van der Waals surface area (Å²) in [6.45, 7) is 24.3. The zero-order valence-corrected chi connectivity index (χ0v) is 40.2. The monoisotopic (exact) mass is 960 g/mol. The van der Waals surface area contributed by atoms with Crippen LogP contribution in [-0.4, -0.2) is 40.6 Å². The van der Waals surface area contributed by atoms with E-state index in [1.807, 2.05) is 0 Å². The molecule has 0 unspecified atom stereocenters. The van der Waals surface area contributed by atoms with Crippen molar-refractivity contribution >= 4 is 49.3 Å². The SMILES string of the molecule is C1CCC([PH+](C2CCCCC2)C2CCCCC2)CC1.C=C(F)F.C=COC(C)=O.Cc1cc(C)c(N2[CH-]N(c3c(C)cc(C)cc3C)CC2)c(C)c1.F[C](F)=[Ru]([Cl])[Cl]. The van der Waals surface area contributed by atoms with Gasteiger partial charge in [0.05, 0.1) is 23.2 Å². The van der Waals surface area contributed by atoms with Crippen molar-refractivity contribution in [2.24, 2.45) is 0 Å². The molecule has 0 atom stereocenters. The van der Waals surface area contributed by atoms with E-state index in [2.05, 4.69) is 100 Å². The quantitative estimate of drug-likeness (QED) is 0.0721. The molecule has 2 aromatic carbocycles. The van der Waals surface area contributed by atoms with Crippen LogP contribution < -0.4 is 9.80 Å². The minimum absolute atomic E-state index is 0.0465. The summed E-state index contributed by atoms with van der Waals surface area (Å²) >= 11 is -2.75. The van der Waals surface area contributed by atoms with E-state index in [0.717, 1.165) is 19.4 Å². The normalized spacial score (nSPS) is 17.6. The van der Waals surface area contributed by atoms with Gasteiger partial charge in [0.25, 0.3) is 6.08 Å². The van der Waals surface area contributed by atoms with Crippen molar-refractivity contribution in [3.63, 3.8) is 0 Å². The Labute approximate surface area is 362 Å². The van der Waals surface area contributed by atoms with E-state index in [-0.39, 0.29) is 13.9 Å². The first-order valence-electron chi connectivity index (χ1n) is 20.8. The van der Waals surface area contributed by atoms with Crippen LogP contribution in [-0.2, 0) is 23.0 Å². The van der Waals surface area contributed by atoms with Gasteiger partial charge >= 0.3 is 52.3 Å². The summed E-state index contributed by atoms with van der Waals surface area (Å²) in [6, 6.07) is 9.12. The number of nitrogens with zero attached hydrogens (tertiary/aromatic N) is 2. The summed E-state index contributed by atoms with van der Waals surface area (Å²) in [5, 5.41) is 0. The molecule has 0 aromatic heterocycles. The summed E-state index contributed by atoms with van der Waals surface area (Å²) in [5.74, 6) is -0.329. The summed E-state index contributed by atoms with van der Waals surface area (Å²) < 4.78 is 44.4. The van der Waals surface area contributed by atoms with Crippen molar-refractivity contribution in [2.75, 3.05) is 22.9 Å². The summed E-state index contributed by atoms with van der Waals surface area (Å²) in [5.41, 5.74) is 14.5. The van der Waals surface area contributed by atoms with E-state index in [1.54, 1.807) is 96.3 Å². The molecule has 4 aliphatic rings. The molecule has 1 saturated heterocycles. The number of ether oxygens (including phenoxy) is 1. The molecule has 0 radical (unpaired) electrons. The Kier molecular flexibility index (Phi) is 25.2. The number of hydrogen-bond donors (Lipinski definition) is 0. The number of carbonyl (C=O) groups excluding carboxylic acids is 1. The molecule has 3 saturated carbocycles. The second-order valence-electron chi connectivity index (χ2n) is 16.0. The molecule has 12 heteroatoms. The molecular formula is C46H69Cl2F4N2O2PRu. The van der Waals surface area contributed by atoms with Crippen molar-refractivity contribution in [2.45, 2.75) is 162 Å². The van der Waals surface area contributed by atoms with Crippen LogP contribution in [0.2, 0.25) is 0 Å². The van der Waals surface area contributed by atoms with Gasteiger partial charge < -0.3 is 14.5 Å². The van der Waals surface area contributed by atoms with Crippen molar-refractivity contribution in [1.29, 1.82) is 0 Å². The first-order valence-corrected chi connectivity index (χ1v) is 27.9. The fourth-order valence-corrected chi connectivity index (χ4v) is 14.7. The molecule has 0 spiro atoms. The van der Waals surface area contributed by atoms with Gasteiger partial charge in [-0.3, -0.25) is 4.79 Å². The summed E-state index contributed by atoms with van der Waals surface area (Å²) in [4.78, 5) is 14.6. The average molecular weight is 961 g/mol. The summed E-state index contributed by atoms with van der Waals surface area (Å²) in [7, 11) is 9.42. The van der Waals surface area contributed by atoms with Crippen molar-refractivity contribution in [3.8, 4) is 0 Å². The average Bonchev–Trinajstić information content (AvgIpc) is 3.61. The van der Waals surface area contributed by atoms with Crippen LogP contribution in [0.15, 0.2) is 49.8 Å². The number of esters is 1. The topological polar surface area (TPSA) is 32.8 Å². The van der Waals surface area contributed by atoms with Crippen LogP contribution in [0.25, 0.3) is 0 Å². The Bertz CT molecular complexity index is 1450. The fourth-order valence-electron chi connectivity index (χ4n) is 9.51. The predicted octanol–water partition coefficient (Wildman–Crippen LogP) is 15.2. The fraction of sp³-hybridized carbons (Fsp3) is 0.587. The zero-order chi connectivity index (χ0) is 43.4. The van der Waals surface area contributed by atoms with E-state index in [9.17, 15) is 22.4 Å². The van der Waals surface area contributed by atoms with Gasteiger partial charge in [0.2, 0.25) is 0 Å². The number of anilines is 2. The summed E-state index contributed by atoms with van der Waals surface area (Å²) in [6.07, 6.45) is 23.1. The van der Waals surface area contributed by atoms with Gasteiger partial charge in [0.15, 0.2) is 0 Å². The van der Waals surface area contributed by atoms with E-state index in [0.29, 0.717) is 0 Å². The molecule has 330 valence electrons. The third-order valence-electron chi connectivity index (χ3n) is 11.3. The van der Waals surface area contributed by atoms with Crippen LogP contribution in [0.3, 0.4) is 0 Å². The Morgan fingerprint density at radius 1 is 0.690 bits per heavy atom. The number of halogens is 6. The van der Waals surface area contributed by atoms with Gasteiger partial charge in [-0.2, -0.15) is 15.4 Å². The second kappa shape index (κ2) is 27.9. The molecule has 0 amide bonds. The number of hydrogen-bond acceptors (Lipinski definition) is 4. The van der Waals surface area contributed by atoms with Crippen molar-refractivity contribution < 1.29 is 40.6 Å². The molecule has 2 aromatic rings. The molecule has 0 N–H and O–H groups in total. The maximum atomic E-state index is 10.9. The Morgan fingerprint density at radius 2 is 0.966 bits per heavy atom. The van der Waals surface area contributed by atoms with Crippen LogP contribution in [0.5, 0.6) is 0 Å². The van der Waals surface area contributed by atoms with Gasteiger partial charge in [-0.1, -0.05) is 61.2 Å². The number of aryl methyl sites for hydroxylation is 6. The molecule has 1 aliphatic heterocycles. The van der Waals surface area contributed by atoms with Gasteiger partial charge in [0.1, 0.15) is 0 Å². The van der Waals surface area contributed by atoms with E-state index in [4.69, 9.17) is 19.4 Å². The zero-order valence-electron chi connectivity index (χ0n) is 36.0. The molecular weight excluding hydrogens is 891 g/mol. The van der Waals surface area contributed by atoms with Crippen LogP contribution in [0.4, 0.5) is 28.9 Å². The van der Waals surface area contributed by atoms with Gasteiger partial charge in [-0.25, -0.2) is 0 Å². The van der Waals surface area contributed by atoms with Gasteiger partial charge in [-0.15, -0.1) is 0 Å². The van der Waals surface area contributed by atoms with Gasteiger partial charge in [-0.05, 0) is 147 Å². The molecule has 1 heterocycles. The number of carbonyl (C=O) groups is 1. The van der Waals surface area contributed by atoms with Crippen LogP contribution in [0, 0.1) is 48.2 Å². The molecule has 3 aliphatic carbocycles. The van der Waals surface area contributed by atoms with Gasteiger partial charge in [0, 0.05) is 39.3 Å². The Morgan fingerprint density at radius 3 is 1.17 bits per heavy atom. The minimum atomic E-state index is -2.75. The third-order valence-corrected chi connectivity index (χ3v) is 17.5. The van der Waals surface area contributed by atoms with Crippen LogP contribution >= 0.6 is 27.3 Å². The molecule has 4 fully saturated rings. The molecule has 6 rings (SSSR count). The predicted molar refractivity (Wildman–Crippen MR) is 241 cm³/mol.